The summed E-state index contributed by atoms with van der Waals surface area (Å²) in [6.45, 7) is 1.90. The Morgan fingerprint density at radius 2 is 2.04 bits per heavy atom. The molecule has 3 rings (SSSR count). The van der Waals surface area contributed by atoms with Crippen molar-refractivity contribution in [2.75, 3.05) is 5.73 Å². The monoisotopic (exact) mass is 326 g/mol. The molecule has 0 unspecified atom stereocenters. The summed E-state index contributed by atoms with van der Waals surface area (Å²) in [6.07, 6.45) is 0. The van der Waals surface area contributed by atoms with Crippen molar-refractivity contribution >= 4 is 17.4 Å². The lowest BCUT2D eigenvalue weighted by molar-refractivity contribution is 0.628. The van der Waals surface area contributed by atoms with Gasteiger partial charge >= 0.3 is 0 Å². The van der Waals surface area contributed by atoms with Crippen molar-refractivity contribution in [1.29, 1.82) is 5.26 Å². The van der Waals surface area contributed by atoms with E-state index >= 15 is 0 Å². The van der Waals surface area contributed by atoms with Gasteiger partial charge in [0, 0.05) is 10.6 Å². The fourth-order valence-corrected chi connectivity index (χ4v) is 2.70. The van der Waals surface area contributed by atoms with Crippen molar-refractivity contribution < 1.29 is 4.39 Å². The van der Waals surface area contributed by atoms with E-state index < -0.39 is 5.82 Å². The summed E-state index contributed by atoms with van der Waals surface area (Å²) in [5.41, 5.74) is 8.68. The zero-order chi connectivity index (χ0) is 16.6. The highest BCUT2D eigenvalue weighted by Gasteiger charge is 2.18. The van der Waals surface area contributed by atoms with Gasteiger partial charge in [-0.3, -0.25) is 0 Å². The lowest BCUT2D eigenvalue weighted by Gasteiger charge is -2.06. The molecule has 3 aromatic rings. The molecule has 0 aliphatic heterocycles. The number of nitrogens with zero attached hydrogens (tertiary/aromatic N) is 3. The Morgan fingerprint density at radius 1 is 1.26 bits per heavy atom. The Kier molecular flexibility index (Phi) is 3.77. The van der Waals surface area contributed by atoms with Crippen molar-refractivity contribution in [3.05, 3.63) is 64.4 Å². The normalized spacial score (nSPS) is 10.5. The Morgan fingerprint density at radius 3 is 2.70 bits per heavy atom. The van der Waals surface area contributed by atoms with Crippen LogP contribution in [-0.4, -0.2) is 9.78 Å². The van der Waals surface area contributed by atoms with Crippen LogP contribution in [0.4, 0.5) is 10.2 Å². The third-order valence-corrected chi connectivity index (χ3v) is 3.62. The minimum absolute atomic E-state index is 0.188. The SMILES string of the molecule is Cc1cc(Cl)cc(-n2nc(-c3cccc(F)c3)c(C#N)c2N)c1. The van der Waals surface area contributed by atoms with Crippen molar-refractivity contribution in [2.24, 2.45) is 0 Å². The van der Waals surface area contributed by atoms with E-state index in [1.807, 2.05) is 25.1 Å². The minimum atomic E-state index is -0.405. The molecular formula is C17H12ClFN4. The second-order valence-electron chi connectivity index (χ2n) is 5.13. The first-order chi connectivity index (χ1) is 11.0. The predicted molar refractivity (Wildman–Crippen MR) is 87.8 cm³/mol. The van der Waals surface area contributed by atoms with Gasteiger partial charge in [0.1, 0.15) is 29.0 Å². The molecule has 6 heteroatoms. The van der Waals surface area contributed by atoms with Crippen molar-refractivity contribution in [3.8, 4) is 23.0 Å². The molecular weight excluding hydrogens is 315 g/mol. The van der Waals surface area contributed by atoms with E-state index in [4.69, 9.17) is 17.3 Å². The molecule has 0 saturated heterocycles. The molecule has 0 bridgehead atoms. The van der Waals surface area contributed by atoms with Crippen LogP contribution < -0.4 is 5.73 Å². The summed E-state index contributed by atoms with van der Waals surface area (Å²) >= 11 is 6.07. The molecule has 0 fully saturated rings. The molecule has 114 valence electrons. The number of aromatic nitrogens is 2. The maximum Gasteiger partial charge on any atom is 0.145 e. The first-order valence-corrected chi connectivity index (χ1v) is 7.19. The fraction of sp³-hybridized carbons (Fsp3) is 0.0588. The van der Waals surface area contributed by atoms with E-state index in [-0.39, 0.29) is 11.4 Å². The molecule has 2 N–H and O–H groups in total. The number of hydrogen-bond acceptors (Lipinski definition) is 3. The van der Waals surface area contributed by atoms with E-state index in [0.717, 1.165) is 5.56 Å². The zero-order valence-electron chi connectivity index (χ0n) is 12.2. The number of anilines is 1. The Bertz CT molecular complexity index is 920. The van der Waals surface area contributed by atoms with Crippen LogP contribution in [0, 0.1) is 24.1 Å². The molecule has 4 nitrogen and oxygen atoms in total. The molecule has 1 aromatic heterocycles. The maximum atomic E-state index is 13.5. The molecule has 2 aromatic carbocycles. The maximum absolute atomic E-state index is 13.5. The first-order valence-electron chi connectivity index (χ1n) is 6.81. The minimum Gasteiger partial charge on any atom is -0.382 e. The van der Waals surface area contributed by atoms with Gasteiger partial charge in [0.05, 0.1) is 5.69 Å². The van der Waals surface area contributed by atoms with Gasteiger partial charge in [0.2, 0.25) is 0 Å². The van der Waals surface area contributed by atoms with E-state index in [9.17, 15) is 9.65 Å². The third-order valence-electron chi connectivity index (χ3n) is 3.40. The van der Waals surface area contributed by atoms with Gasteiger partial charge in [-0.05, 0) is 42.8 Å². The summed E-state index contributed by atoms with van der Waals surface area (Å²) in [6, 6.07) is 13.3. The molecule has 0 atom stereocenters. The van der Waals surface area contributed by atoms with Crippen LogP contribution in [-0.2, 0) is 0 Å². The lowest BCUT2D eigenvalue weighted by Crippen LogP contribution is -2.02. The number of benzene rings is 2. The molecule has 0 aliphatic carbocycles. The molecule has 0 spiro atoms. The van der Waals surface area contributed by atoms with Gasteiger partial charge in [-0.15, -0.1) is 0 Å². The standard InChI is InChI=1S/C17H12ClFN4/c1-10-5-12(18)8-14(6-10)23-17(21)15(9-20)16(22-23)11-3-2-4-13(19)7-11/h2-8H,21H2,1H3. The van der Waals surface area contributed by atoms with Gasteiger partial charge in [-0.2, -0.15) is 10.4 Å². The quantitative estimate of drug-likeness (QED) is 0.771. The number of nitriles is 1. The van der Waals surface area contributed by atoms with Gasteiger partial charge < -0.3 is 5.73 Å². The van der Waals surface area contributed by atoms with E-state index in [1.54, 1.807) is 18.2 Å². The highest BCUT2D eigenvalue weighted by atomic mass is 35.5. The van der Waals surface area contributed by atoms with Gasteiger partial charge in [-0.25, -0.2) is 9.07 Å². The highest BCUT2D eigenvalue weighted by molar-refractivity contribution is 6.30. The van der Waals surface area contributed by atoms with Crippen LogP contribution in [0.2, 0.25) is 5.02 Å². The van der Waals surface area contributed by atoms with Crippen molar-refractivity contribution in [1.82, 2.24) is 9.78 Å². The van der Waals surface area contributed by atoms with Gasteiger partial charge in [0.15, 0.2) is 0 Å². The second kappa shape index (κ2) is 5.75. The van der Waals surface area contributed by atoms with Crippen LogP contribution in [0.3, 0.4) is 0 Å². The number of nitrogens with two attached hydrogens (primary N) is 1. The van der Waals surface area contributed by atoms with Crippen LogP contribution in [0.15, 0.2) is 42.5 Å². The highest BCUT2D eigenvalue weighted by Crippen LogP contribution is 2.30. The molecule has 1 heterocycles. The Labute approximate surface area is 137 Å². The molecule has 0 radical (unpaired) electrons. The van der Waals surface area contributed by atoms with Crippen molar-refractivity contribution in [3.63, 3.8) is 0 Å². The Hall–Kier alpha value is -2.84. The topological polar surface area (TPSA) is 67.6 Å². The van der Waals surface area contributed by atoms with E-state index in [2.05, 4.69) is 5.10 Å². The van der Waals surface area contributed by atoms with Crippen LogP contribution in [0.1, 0.15) is 11.1 Å². The number of rotatable bonds is 2. The average molecular weight is 327 g/mol. The lowest BCUT2D eigenvalue weighted by atomic mass is 10.1. The predicted octanol–water partition coefficient (Wildman–Crippen LogP) is 4.09. The number of nitrogen functional groups attached to an aromatic ring is 1. The summed E-state index contributed by atoms with van der Waals surface area (Å²) < 4.78 is 14.9. The second-order valence-corrected chi connectivity index (χ2v) is 5.57. The van der Waals surface area contributed by atoms with Crippen LogP contribution >= 0.6 is 11.6 Å². The molecule has 23 heavy (non-hydrogen) atoms. The summed E-state index contributed by atoms with van der Waals surface area (Å²) in [4.78, 5) is 0. The summed E-state index contributed by atoms with van der Waals surface area (Å²) in [5, 5.41) is 14.3. The summed E-state index contributed by atoms with van der Waals surface area (Å²) in [5.74, 6) is -0.216. The van der Waals surface area contributed by atoms with Gasteiger partial charge in [-0.1, -0.05) is 23.7 Å². The van der Waals surface area contributed by atoms with Gasteiger partial charge in [0.25, 0.3) is 0 Å². The number of aryl methyl sites for hydroxylation is 1. The van der Waals surface area contributed by atoms with Crippen molar-refractivity contribution in [2.45, 2.75) is 6.92 Å². The smallest absolute Gasteiger partial charge is 0.145 e. The third kappa shape index (κ3) is 2.77. The average Bonchev–Trinajstić information content (AvgIpc) is 2.83. The summed E-state index contributed by atoms with van der Waals surface area (Å²) in [7, 11) is 0. The molecule has 0 saturated carbocycles. The molecule has 0 aliphatic rings. The number of halogens is 2. The Balaban J connectivity index is 2.23. The number of hydrogen-bond donors (Lipinski definition) is 1. The first kappa shape index (κ1) is 15.1. The zero-order valence-corrected chi connectivity index (χ0v) is 13.0. The van der Waals surface area contributed by atoms with E-state index in [0.29, 0.717) is 22.0 Å². The van der Waals surface area contributed by atoms with E-state index in [1.165, 1.54) is 16.8 Å². The molecule has 0 amide bonds. The van der Waals surface area contributed by atoms with Crippen LogP contribution in [0.25, 0.3) is 16.9 Å². The van der Waals surface area contributed by atoms with Crippen LogP contribution in [0.5, 0.6) is 0 Å². The fourth-order valence-electron chi connectivity index (χ4n) is 2.42. The largest absolute Gasteiger partial charge is 0.382 e.